The highest BCUT2D eigenvalue weighted by molar-refractivity contribution is 6.03. The van der Waals surface area contributed by atoms with Crippen LogP contribution in [-0.2, 0) is 6.42 Å². The van der Waals surface area contributed by atoms with Gasteiger partial charge in [-0.1, -0.05) is 25.1 Å². The molecule has 1 fully saturated rings. The number of ether oxygens (including phenoxy) is 1. The molecular formula is C29H34N8O3. The third kappa shape index (κ3) is 6.22. The molecule has 0 bridgehead atoms. The number of aromatic nitrogens is 4. The maximum absolute atomic E-state index is 12.8. The quantitative estimate of drug-likeness (QED) is 0.238. The van der Waals surface area contributed by atoms with Crippen molar-refractivity contribution in [3.05, 3.63) is 72.1 Å². The van der Waals surface area contributed by atoms with Crippen molar-refractivity contribution in [2.45, 2.75) is 13.3 Å². The average molecular weight is 543 g/mol. The predicted octanol–water partition coefficient (Wildman–Crippen LogP) is 3.55. The number of aromatic amines is 1. The van der Waals surface area contributed by atoms with Crippen LogP contribution >= 0.6 is 0 Å². The number of carbonyl (C=O) groups excluding carboxylic acids is 1. The van der Waals surface area contributed by atoms with E-state index in [4.69, 9.17) is 4.74 Å². The van der Waals surface area contributed by atoms with Crippen molar-refractivity contribution in [3.63, 3.8) is 0 Å². The van der Waals surface area contributed by atoms with Gasteiger partial charge < -0.3 is 25.4 Å². The van der Waals surface area contributed by atoms with E-state index in [1.165, 1.54) is 0 Å². The largest absolute Gasteiger partial charge is 0.494 e. The maximum atomic E-state index is 12.8. The van der Waals surface area contributed by atoms with E-state index in [1.807, 2.05) is 49.4 Å². The van der Waals surface area contributed by atoms with Gasteiger partial charge in [-0.25, -0.2) is 9.97 Å². The fourth-order valence-corrected chi connectivity index (χ4v) is 4.74. The number of methoxy groups -OCH3 is 1. The number of benzene rings is 2. The molecule has 1 saturated heterocycles. The minimum Gasteiger partial charge on any atom is -0.494 e. The molecule has 0 saturated carbocycles. The summed E-state index contributed by atoms with van der Waals surface area (Å²) >= 11 is 0. The smallest absolute Gasteiger partial charge is 0.273 e. The molecule has 4 aromatic rings. The van der Waals surface area contributed by atoms with Crippen molar-refractivity contribution in [2.75, 3.05) is 62.0 Å². The van der Waals surface area contributed by atoms with Gasteiger partial charge in [0.2, 0.25) is 5.95 Å². The summed E-state index contributed by atoms with van der Waals surface area (Å²) < 4.78 is 5.67. The summed E-state index contributed by atoms with van der Waals surface area (Å²) in [5.74, 6) is 0.786. The number of piperazine rings is 1. The van der Waals surface area contributed by atoms with Crippen LogP contribution in [0.1, 0.15) is 23.0 Å². The zero-order valence-corrected chi connectivity index (χ0v) is 22.7. The molecule has 4 N–H and O–H groups in total. The fraction of sp³-hybridized carbons (Fsp3) is 0.310. The van der Waals surface area contributed by atoms with Gasteiger partial charge in [0.25, 0.3) is 5.91 Å². The summed E-state index contributed by atoms with van der Waals surface area (Å²) in [6.45, 7) is 6.53. The lowest BCUT2D eigenvalue weighted by molar-refractivity contribution is 0.102. The van der Waals surface area contributed by atoms with Crippen molar-refractivity contribution in [1.82, 2.24) is 25.1 Å². The van der Waals surface area contributed by atoms with Crippen LogP contribution in [-0.4, -0.2) is 82.5 Å². The molecule has 40 heavy (non-hydrogen) atoms. The minimum atomic E-state index is -0.272. The maximum Gasteiger partial charge on any atom is 0.273 e. The van der Waals surface area contributed by atoms with Gasteiger partial charge in [0.1, 0.15) is 17.1 Å². The highest BCUT2D eigenvalue weighted by atomic mass is 16.5. The van der Waals surface area contributed by atoms with E-state index in [-0.39, 0.29) is 12.5 Å². The summed E-state index contributed by atoms with van der Waals surface area (Å²) in [5, 5.41) is 22.5. The third-order valence-electron chi connectivity index (χ3n) is 6.97. The second-order valence-corrected chi connectivity index (χ2v) is 9.46. The number of nitrogens with one attached hydrogen (secondary N) is 3. The number of aliphatic hydroxyl groups is 1. The van der Waals surface area contributed by atoms with Gasteiger partial charge in [-0.3, -0.25) is 14.8 Å². The molecule has 11 heteroatoms. The number of aryl methyl sites for hydroxylation is 1. The van der Waals surface area contributed by atoms with Crippen molar-refractivity contribution in [3.8, 4) is 17.1 Å². The number of amides is 1. The van der Waals surface area contributed by atoms with Gasteiger partial charge in [0.05, 0.1) is 25.1 Å². The van der Waals surface area contributed by atoms with E-state index in [0.717, 1.165) is 55.2 Å². The molecule has 2 aromatic carbocycles. The zero-order valence-electron chi connectivity index (χ0n) is 22.7. The number of hydrogen-bond donors (Lipinski definition) is 4. The average Bonchev–Trinajstić information content (AvgIpc) is 3.49. The van der Waals surface area contributed by atoms with Gasteiger partial charge in [0, 0.05) is 56.4 Å². The second kappa shape index (κ2) is 12.6. The summed E-state index contributed by atoms with van der Waals surface area (Å²) in [7, 11) is 1.63. The number of β-amino-alcohol motifs (C(OH)–C–C–N with tert-alkyl or cyclic N) is 1. The standard InChI is InChI=1S/C29H34N8O3/c1-3-20-6-4-5-7-22(20)31-28(39)26-19-25(34-35-26)23-10-11-30-29(32-23)33-24-9-8-21(18-27(24)40-2)37-14-12-36(13-15-37)16-17-38/h4-11,18-19,38H,3,12-17H2,1-2H3,(H,31,39)(H,34,35)(H,30,32,33). The number of aliphatic hydroxyl groups excluding tert-OH is 1. The molecule has 3 heterocycles. The zero-order chi connectivity index (χ0) is 27.9. The Labute approximate surface area is 233 Å². The van der Waals surface area contributed by atoms with Crippen LogP contribution in [0.4, 0.5) is 23.0 Å². The van der Waals surface area contributed by atoms with E-state index in [9.17, 15) is 9.90 Å². The first kappa shape index (κ1) is 27.1. The van der Waals surface area contributed by atoms with Crippen LogP contribution in [0.25, 0.3) is 11.4 Å². The van der Waals surface area contributed by atoms with Gasteiger partial charge in [-0.2, -0.15) is 5.10 Å². The van der Waals surface area contributed by atoms with E-state index in [2.05, 4.69) is 40.6 Å². The lowest BCUT2D eigenvalue weighted by Crippen LogP contribution is -2.47. The molecule has 2 aromatic heterocycles. The number of anilines is 4. The van der Waals surface area contributed by atoms with Crippen LogP contribution in [0.5, 0.6) is 5.75 Å². The highest BCUT2D eigenvalue weighted by Gasteiger charge is 2.19. The van der Waals surface area contributed by atoms with E-state index < -0.39 is 0 Å². The molecule has 208 valence electrons. The monoisotopic (exact) mass is 542 g/mol. The molecule has 0 aliphatic carbocycles. The summed E-state index contributed by atoms with van der Waals surface area (Å²) in [6, 6.07) is 17.1. The number of hydrogen-bond acceptors (Lipinski definition) is 9. The molecular weight excluding hydrogens is 508 g/mol. The number of nitrogens with zero attached hydrogens (tertiary/aromatic N) is 5. The second-order valence-electron chi connectivity index (χ2n) is 9.46. The Kier molecular flexibility index (Phi) is 8.53. The van der Waals surface area contributed by atoms with Crippen molar-refractivity contribution < 1.29 is 14.6 Å². The van der Waals surface area contributed by atoms with Crippen LogP contribution in [0.2, 0.25) is 0 Å². The van der Waals surface area contributed by atoms with Gasteiger partial charge in [0.15, 0.2) is 0 Å². The minimum absolute atomic E-state index is 0.183. The molecule has 0 radical (unpaired) electrons. The molecule has 0 spiro atoms. The highest BCUT2D eigenvalue weighted by Crippen LogP contribution is 2.32. The number of H-pyrrole nitrogens is 1. The van der Waals surface area contributed by atoms with Crippen LogP contribution in [0.3, 0.4) is 0 Å². The van der Waals surface area contributed by atoms with Crippen molar-refractivity contribution in [1.29, 1.82) is 0 Å². The van der Waals surface area contributed by atoms with E-state index >= 15 is 0 Å². The van der Waals surface area contributed by atoms with Crippen molar-refractivity contribution >= 4 is 28.9 Å². The summed E-state index contributed by atoms with van der Waals surface area (Å²) in [5.41, 5.74) is 5.09. The first-order valence-corrected chi connectivity index (χ1v) is 13.4. The van der Waals surface area contributed by atoms with E-state index in [1.54, 1.807) is 25.4 Å². The Morgan fingerprint density at radius 1 is 1.05 bits per heavy atom. The van der Waals surface area contributed by atoms with Crippen LogP contribution in [0, 0.1) is 0 Å². The fourth-order valence-electron chi connectivity index (χ4n) is 4.74. The Hall–Kier alpha value is -4.48. The van der Waals surface area contributed by atoms with Gasteiger partial charge in [-0.15, -0.1) is 0 Å². The van der Waals surface area contributed by atoms with Crippen molar-refractivity contribution in [2.24, 2.45) is 0 Å². The number of carbonyl (C=O) groups is 1. The third-order valence-corrected chi connectivity index (χ3v) is 6.97. The van der Waals surface area contributed by atoms with Crippen LogP contribution < -0.4 is 20.3 Å². The Balaban J connectivity index is 1.27. The van der Waals surface area contributed by atoms with Crippen LogP contribution in [0.15, 0.2) is 60.8 Å². The first-order chi connectivity index (χ1) is 19.6. The molecule has 1 amide bonds. The lowest BCUT2D eigenvalue weighted by Gasteiger charge is -2.36. The van der Waals surface area contributed by atoms with Gasteiger partial charge >= 0.3 is 0 Å². The lowest BCUT2D eigenvalue weighted by atomic mass is 10.1. The summed E-state index contributed by atoms with van der Waals surface area (Å²) in [6.07, 6.45) is 2.46. The summed E-state index contributed by atoms with van der Waals surface area (Å²) in [4.78, 5) is 26.4. The number of rotatable bonds is 10. The topological polar surface area (TPSA) is 132 Å². The molecule has 1 aliphatic heterocycles. The Morgan fingerprint density at radius 3 is 2.65 bits per heavy atom. The molecule has 11 nitrogen and oxygen atoms in total. The Bertz CT molecular complexity index is 1450. The molecule has 1 aliphatic rings. The SMILES string of the molecule is CCc1ccccc1NC(=O)c1cc(-c2ccnc(Nc3ccc(N4CCN(CCO)CC4)cc3OC)n2)n[nH]1. The van der Waals surface area contributed by atoms with Gasteiger partial charge in [-0.05, 0) is 42.3 Å². The normalized spacial score (nSPS) is 13.7. The molecule has 0 atom stereocenters. The predicted molar refractivity (Wildman–Crippen MR) is 155 cm³/mol. The first-order valence-electron chi connectivity index (χ1n) is 13.4. The Morgan fingerprint density at radius 2 is 1.88 bits per heavy atom. The molecule has 5 rings (SSSR count). The van der Waals surface area contributed by atoms with E-state index in [0.29, 0.717) is 35.3 Å². The number of para-hydroxylation sites is 1. The molecule has 0 unspecified atom stereocenters.